The average molecular weight is 654 g/mol. The molecule has 51 heavy (non-hydrogen) atoms. The first-order valence-electron chi connectivity index (χ1n) is 17.6. The molecule has 8 aromatic rings. The number of fused-ring (bicyclic) bond motifs is 3. The lowest BCUT2D eigenvalue weighted by molar-refractivity contribution is 0.765. The summed E-state index contributed by atoms with van der Waals surface area (Å²) in [5.41, 5.74) is 12.6. The van der Waals surface area contributed by atoms with Crippen LogP contribution in [0.1, 0.15) is 30.2 Å². The number of allylic oxidation sites excluding steroid dienone is 3. The van der Waals surface area contributed by atoms with Crippen LogP contribution >= 0.6 is 0 Å². The third-order valence-corrected chi connectivity index (χ3v) is 9.95. The van der Waals surface area contributed by atoms with Gasteiger partial charge in [-0.15, -0.1) is 0 Å². The highest BCUT2D eigenvalue weighted by molar-refractivity contribution is 6.14. The molecule has 0 N–H and O–H groups in total. The lowest BCUT2D eigenvalue weighted by Crippen LogP contribution is -2.08. The Kier molecular flexibility index (Phi) is 7.87. The normalized spacial score (nSPS) is 17.9. The van der Waals surface area contributed by atoms with Crippen LogP contribution in [0.5, 0.6) is 0 Å². The molecule has 242 valence electrons. The predicted octanol–water partition coefficient (Wildman–Crippen LogP) is 12.2. The van der Waals surface area contributed by atoms with E-state index in [4.69, 9.17) is 15.0 Å². The summed E-state index contributed by atoms with van der Waals surface area (Å²) in [6.07, 6.45) is 5.42. The number of rotatable bonds is 5. The van der Waals surface area contributed by atoms with Crippen molar-refractivity contribution >= 4 is 49.6 Å². The van der Waals surface area contributed by atoms with Gasteiger partial charge in [0.05, 0.1) is 33.8 Å². The minimum atomic E-state index is 0.314. The van der Waals surface area contributed by atoms with Gasteiger partial charge in [-0.3, -0.25) is 0 Å². The highest BCUT2D eigenvalue weighted by Gasteiger charge is 2.18. The van der Waals surface area contributed by atoms with Crippen LogP contribution in [0.25, 0.3) is 66.2 Å². The van der Waals surface area contributed by atoms with Crippen LogP contribution in [0.4, 0.5) is 0 Å². The van der Waals surface area contributed by atoms with Gasteiger partial charge < -0.3 is 0 Å². The molecule has 0 fully saturated rings. The van der Waals surface area contributed by atoms with Crippen molar-refractivity contribution in [3.63, 3.8) is 0 Å². The first-order chi connectivity index (χ1) is 25.2. The molecule has 0 aliphatic carbocycles. The predicted molar refractivity (Wildman–Crippen MR) is 215 cm³/mol. The summed E-state index contributed by atoms with van der Waals surface area (Å²) in [6.45, 7) is 2.30. The fourth-order valence-corrected chi connectivity index (χ4v) is 7.18. The number of hydrogen-bond acceptors (Lipinski definition) is 3. The van der Waals surface area contributed by atoms with Crippen LogP contribution < -0.4 is 0 Å². The zero-order valence-corrected chi connectivity index (χ0v) is 28.4. The molecule has 0 amide bonds. The van der Waals surface area contributed by atoms with Gasteiger partial charge in [-0.1, -0.05) is 146 Å². The molecule has 0 radical (unpaired) electrons. The van der Waals surface area contributed by atoms with E-state index < -0.39 is 0 Å². The van der Waals surface area contributed by atoms with E-state index in [0.717, 1.165) is 73.3 Å². The number of hydrogen-bond donors (Lipinski definition) is 0. The summed E-state index contributed by atoms with van der Waals surface area (Å²) >= 11 is 0. The fraction of sp³-hybridized carbons (Fsp3) is 0.0625. The molecule has 1 aliphatic heterocycles. The van der Waals surface area contributed by atoms with Gasteiger partial charge in [-0.2, -0.15) is 0 Å². The van der Waals surface area contributed by atoms with Gasteiger partial charge in [0.25, 0.3) is 0 Å². The number of aromatic nitrogens is 2. The number of nitrogens with zero attached hydrogens (tertiary/aromatic N) is 3. The highest BCUT2D eigenvalue weighted by Crippen LogP contribution is 2.33. The highest BCUT2D eigenvalue weighted by atomic mass is 14.8. The smallest absolute Gasteiger partial charge is 0.0896 e. The third-order valence-electron chi connectivity index (χ3n) is 9.95. The molecule has 0 saturated carbocycles. The maximum Gasteiger partial charge on any atom is 0.0896 e. The zero-order valence-electron chi connectivity index (χ0n) is 28.4. The molecular formula is C48H35N3. The van der Waals surface area contributed by atoms with E-state index in [1.54, 1.807) is 0 Å². The minimum absolute atomic E-state index is 0.314. The number of pyridine rings is 2. The number of benzene rings is 6. The molecule has 0 bridgehead atoms. The van der Waals surface area contributed by atoms with E-state index in [9.17, 15) is 0 Å². The Morgan fingerprint density at radius 3 is 2.02 bits per heavy atom. The van der Waals surface area contributed by atoms with Gasteiger partial charge in [0, 0.05) is 16.3 Å². The Bertz CT molecular complexity index is 2660. The molecule has 1 unspecified atom stereocenters. The van der Waals surface area contributed by atoms with Crippen molar-refractivity contribution < 1.29 is 0 Å². The molecule has 9 rings (SSSR count). The van der Waals surface area contributed by atoms with E-state index in [1.165, 1.54) is 21.9 Å². The molecule has 3 heterocycles. The quantitative estimate of drug-likeness (QED) is 0.185. The Balaban J connectivity index is 1.10. The summed E-state index contributed by atoms with van der Waals surface area (Å²) in [6, 6.07) is 57.6. The standard InChI is InChI=1S/C48H35N3/c1-32-19-25-43(35-14-6-3-7-15-35)50-48(31-42(32)34-11-4-2-5-12-34)46-28-22-36-20-21-38(30-47(36)51-46)37-23-26-44-39(29-37)24-27-45(49-44)41-18-10-16-33-13-8-9-17-40(33)41/h2-18,20-32H,19H2,1H3/b42-31+,43-25+,50-48+. The van der Waals surface area contributed by atoms with E-state index in [2.05, 4.69) is 177 Å². The summed E-state index contributed by atoms with van der Waals surface area (Å²) in [5, 5.41) is 4.63. The average Bonchev–Trinajstić information content (AvgIpc) is 3.19. The maximum absolute atomic E-state index is 5.29. The lowest BCUT2D eigenvalue weighted by atomic mass is 9.88. The van der Waals surface area contributed by atoms with Crippen molar-refractivity contribution in [2.45, 2.75) is 13.3 Å². The number of aliphatic imine (C=N–C) groups is 1. The van der Waals surface area contributed by atoms with Crippen molar-refractivity contribution in [1.82, 2.24) is 9.97 Å². The summed E-state index contributed by atoms with van der Waals surface area (Å²) in [4.78, 5) is 15.6. The summed E-state index contributed by atoms with van der Waals surface area (Å²) in [5.74, 6) is 0.314. The van der Waals surface area contributed by atoms with Gasteiger partial charge in [0.1, 0.15) is 0 Å². The van der Waals surface area contributed by atoms with Crippen LogP contribution in [0.3, 0.4) is 0 Å². The van der Waals surface area contributed by atoms with E-state index >= 15 is 0 Å². The molecule has 0 saturated heterocycles. The second-order valence-corrected chi connectivity index (χ2v) is 13.3. The molecule has 3 nitrogen and oxygen atoms in total. The van der Waals surface area contributed by atoms with E-state index in [1.807, 2.05) is 6.07 Å². The molecule has 1 aliphatic rings. The van der Waals surface area contributed by atoms with Crippen molar-refractivity contribution in [2.24, 2.45) is 10.9 Å². The van der Waals surface area contributed by atoms with Crippen LogP contribution in [-0.4, -0.2) is 15.7 Å². The van der Waals surface area contributed by atoms with Crippen LogP contribution in [0.15, 0.2) is 181 Å². The monoisotopic (exact) mass is 653 g/mol. The van der Waals surface area contributed by atoms with Crippen LogP contribution in [0, 0.1) is 5.92 Å². The largest absolute Gasteiger partial charge is 0.248 e. The molecule has 2 aromatic heterocycles. The Morgan fingerprint density at radius 2 is 1.16 bits per heavy atom. The van der Waals surface area contributed by atoms with Crippen molar-refractivity contribution in [1.29, 1.82) is 0 Å². The second-order valence-electron chi connectivity index (χ2n) is 13.3. The van der Waals surface area contributed by atoms with Crippen molar-refractivity contribution in [2.75, 3.05) is 0 Å². The molecule has 1 atom stereocenters. The van der Waals surface area contributed by atoms with Gasteiger partial charge in [-0.25, -0.2) is 15.0 Å². The van der Waals surface area contributed by atoms with Crippen LogP contribution in [0.2, 0.25) is 0 Å². The topological polar surface area (TPSA) is 38.1 Å². The van der Waals surface area contributed by atoms with Gasteiger partial charge in [-0.05, 0) is 87.3 Å². The third kappa shape index (κ3) is 6.04. The van der Waals surface area contributed by atoms with Crippen molar-refractivity contribution in [3.8, 4) is 22.4 Å². The SMILES string of the molecule is CC1C/C=C(c2ccccc2)/N=C(c2ccc3ccc(-c4ccc5nc(-c6cccc7ccccc67)ccc5c4)cc3n2)\C=C/1c1ccccc1. The fourth-order valence-electron chi connectivity index (χ4n) is 7.18. The second kappa shape index (κ2) is 13.1. The maximum atomic E-state index is 5.29. The summed E-state index contributed by atoms with van der Waals surface area (Å²) < 4.78 is 0. The Hall–Kier alpha value is -6.45. The van der Waals surface area contributed by atoms with Crippen molar-refractivity contribution in [3.05, 3.63) is 193 Å². The van der Waals surface area contributed by atoms with Gasteiger partial charge >= 0.3 is 0 Å². The molecule has 3 heteroatoms. The molecule has 6 aromatic carbocycles. The minimum Gasteiger partial charge on any atom is -0.248 e. The molecule has 0 spiro atoms. The van der Waals surface area contributed by atoms with E-state index in [0.29, 0.717) is 5.92 Å². The lowest BCUT2D eigenvalue weighted by Gasteiger charge is -2.19. The van der Waals surface area contributed by atoms with Gasteiger partial charge in [0.15, 0.2) is 0 Å². The summed E-state index contributed by atoms with van der Waals surface area (Å²) in [7, 11) is 0. The van der Waals surface area contributed by atoms with Gasteiger partial charge in [0.2, 0.25) is 0 Å². The molecular weight excluding hydrogens is 619 g/mol. The van der Waals surface area contributed by atoms with E-state index in [-0.39, 0.29) is 0 Å². The van der Waals surface area contributed by atoms with Crippen LogP contribution in [-0.2, 0) is 0 Å². The Morgan fingerprint density at radius 1 is 0.490 bits per heavy atom. The zero-order chi connectivity index (χ0) is 34.1. The first kappa shape index (κ1) is 30.6. The Labute approximate surface area is 298 Å². The first-order valence-corrected chi connectivity index (χ1v) is 17.6.